The number of rotatable bonds is 4. The standard InChI is InChI=1S/C18H19F3N4O2/c19-18(20,21)14-5-3-12(4-6-14)17(27)25-8-1-2-13(10-25)16-23-7-9-24(16)11-15(22)26/h3-7,9,13H,1-2,8,10-11H2,(H2,22,26). The first-order valence-corrected chi connectivity index (χ1v) is 8.51. The number of imidazole rings is 1. The lowest BCUT2D eigenvalue weighted by Gasteiger charge is -2.32. The Morgan fingerprint density at radius 1 is 1.22 bits per heavy atom. The van der Waals surface area contributed by atoms with E-state index in [-0.39, 0.29) is 23.9 Å². The minimum Gasteiger partial charge on any atom is -0.368 e. The fourth-order valence-corrected chi connectivity index (χ4v) is 3.34. The van der Waals surface area contributed by atoms with Gasteiger partial charge in [-0.3, -0.25) is 9.59 Å². The highest BCUT2D eigenvalue weighted by molar-refractivity contribution is 5.94. The van der Waals surface area contributed by atoms with Crippen molar-refractivity contribution in [3.8, 4) is 0 Å². The molecule has 144 valence electrons. The van der Waals surface area contributed by atoms with Crippen molar-refractivity contribution >= 4 is 11.8 Å². The van der Waals surface area contributed by atoms with Crippen LogP contribution in [-0.4, -0.2) is 39.4 Å². The number of primary amides is 1. The van der Waals surface area contributed by atoms with E-state index >= 15 is 0 Å². The second-order valence-corrected chi connectivity index (χ2v) is 6.55. The highest BCUT2D eigenvalue weighted by Crippen LogP contribution is 2.30. The Kier molecular flexibility index (Phi) is 5.20. The number of likely N-dealkylation sites (tertiary alicyclic amines) is 1. The summed E-state index contributed by atoms with van der Waals surface area (Å²) < 4.78 is 39.7. The van der Waals surface area contributed by atoms with Crippen LogP contribution in [0.5, 0.6) is 0 Å². The minimum absolute atomic E-state index is 0.0126. The molecule has 9 heteroatoms. The van der Waals surface area contributed by atoms with Gasteiger partial charge in [-0.15, -0.1) is 0 Å². The van der Waals surface area contributed by atoms with E-state index in [9.17, 15) is 22.8 Å². The van der Waals surface area contributed by atoms with Crippen LogP contribution in [-0.2, 0) is 17.5 Å². The largest absolute Gasteiger partial charge is 0.416 e. The van der Waals surface area contributed by atoms with Crippen LogP contribution in [0.2, 0.25) is 0 Å². The van der Waals surface area contributed by atoms with Gasteiger partial charge in [-0.05, 0) is 37.1 Å². The summed E-state index contributed by atoms with van der Waals surface area (Å²) in [5.74, 6) is -0.186. The number of carbonyl (C=O) groups is 2. The highest BCUT2D eigenvalue weighted by Gasteiger charge is 2.31. The zero-order valence-corrected chi connectivity index (χ0v) is 14.4. The highest BCUT2D eigenvalue weighted by atomic mass is 19.4. The van der Waals surface area contributed by atoms with E-state index < -0.39 is 17.6 Å². The zero-order chi connectivity index (χ0) is 19.6. The average Bonchev–Trinajstić information content (AvgIpc) is 3.08. The van der Waals surface area contributed by atoms with Gasteiger partial charge in [-0.1, -0.05) is 0 Å². The molecule has 2 N–H and O–H groups in total. The molecule has 1 atom stereocenters. The Labute approximate surface area is 153 Å². The van der Waals surface area contributed by atoms with Crippen molar-refractivity contribution in [1.29, 1.82) is 0 Å². The van der Waals surface area contributed by atoms with E-state index in [1.165, 1.54) is 12.1 Å². The molecule has 0 bridgehead atoms. The molecule has 1 saturated heterocycles. The minimum atomic E-state index is -4.44. The van der Waals surface area contributed by atoms with Gasteiger partial charge in [0.25, 0.3) is 5.91 Å². The molecule has 1 aliphatic heterocycles. The molecule has 0 saturated carbocycles. The molecular formula is C18H19F3N4O2. The number of nitrogens with zero attached hydrogens (tertiary/aromatic N) is 3. The number of benzene rings is 1. The first-order valence-electron chi connectivity index (χ1n) is 8.51. The van der Waals surface area contributed by atoms with Crippen LogP contribution in [0.1, 0.15) is 40.5 Å². The Morgan fingerprint density at radius 2 is 1.93 bits per heavy atom. The second-order valence-electron chi connectivity index (χ2n) is 6.55. The number of carbonyl (C=O) groups excluding carboxylic acids is 2. The van der Waals surface area contributed by atoms with Crippen LogP contribution in [0, 0.1) is 0 Å². The van der Waals surface area contributed by atoms with Crippen molar-refractivity contribution in [2.45, 2.75) is 31.5 Å². The van der Waals surface area contributed by atoms with E-state index in [1.54, 1.807) is 21.9 Å². The molecule has 0 radical (unpaired) electrons. The molecule has 27 heavy (non-hydrogen) atoms. The van der Waals surface area contributed by atoms with Gasteiger partial charge in [0.2, 0.25) is 5.91 Å². The summed E-state index contributed by atoms with van der Waals surface area (Å²) in [5, 5.41) is 0. The topological polar surface area (TPSA) is 81.2 Å². The van der Waals surface area contributed by atoms with Gasteiger partial charge in [0, 0.05) is 37.0 Å². The quantitative estimate of drug-likeness (QED) is 0.884. The molecule has 0 aliphatic carbocycles. The lowest BCUT2D eigenvalue weighted by atomic mass is 9.96. The normalized spacial score (nSPS) is 17.7. The number of nitrogens with two attached hydrogens (primary N) is 1. The zero-order valence-electron chi connectivity index (χ0n) is 14.4. The molecule has 1 fully saturated rings. The molecule has 0 spiro atoms. The van der Waals surface area contributed by atoms with E-state index in [2.05, 4.69) is 4.98 Å². The van der Waals surface area contributed by atoms with Crippen molar-refractivity contribution in [2.24, 2.45) is 5.73 Å². The van der Waals surface area contributed by atoms with Crippen LogP contribution >= 0.6 is 0 Å². The summed E-state index contributed by atoms with van der Waals surface area (Å²) in [4.78, 5) is 29.8. The fourth-order valence-electron chi connectivity index (χ4n) is 3.34. The molecule has 6 nitrogen and oxygen atoms in total. The fraction of sp³-hybridized carbons (Fsp3) is 0.389. The number of hydrogen-bond acceptors (Lipinski definition) is 3. The van der Waals surface area contributed by atoms with E-state index in [4.69, 9.17) is 5.73 Å². The lowest BCUT2D eigenvalue weighted by Crippen LogP contribution is -2.40. The Balaban J connectivity index is 1.73. The van der Waals surface area contributed by atoms with Gasteiger partial charge in [-0.25, -0.2) is 4.98 Å². The van der Waals surface area contributed by atoms with Gasteiger partial charge in [-0.2, -0.15) is 13.2 Å². The van der Waals surface area contributed by atoms with Gasteiger partial charge >= 0.3 is 6.18 Å². The molecule has 1 unspecified atom stereocenters. The van der Waals surface area contributed by atoms with E-state index in [0.29, 0.717) is 18.9 Å². The Hall–Kier alpha value is -2.84. The molecule has 2 aromatic rings. The second kappa shape index (κ2) is 7.42. The number of aromatic nitrogens is 2. The Bertz CT molecular complexity index is 830. The van der Waals surface area contributed by atoms with Crippen LogP contribution in [0.3, 0.4) is 0 Å². The summed E-state index contributed by atoms with van der Waals surface area (Å²) >= 11 is 0. The maximum atomic E-state index is 12.7. The van der Waals surface area contributed by atoms with Gasteiger partial charge in [0.1, 0.15) is 12.4 Å². The third kappa shape index (κ3) is 4.29. The van der Waals surface area contributed by atoms with Crippen LogP contribution in [0.4, 0.5) is 13.2 Å². The van der Waals surface area contributed by atoms with Crippen LogP contribution in [0.25, 0.3) is 0 Å². The number of amides is 2. The maximum Gasteiger partial charge on any atom is 0.416 e. The van der Waals surface area contributed by atoms with Crippen LogP contribution in [0.15, 0.2) is 36.7 Å². The monoisotopic (exact) mass is 380 g/mol. The smallest absolute Gasteiger partial charge is 0.368 e. The molecule has 2 heterocycles. The summed E-state index contributed by atoms with van der Waals surface area (Å²) in [7, 11) is 0. The van der Waals surface area contributed by atoms with Crippen molar-refractivity contribution in [3.05, 3.63) is 53.6 Å². The molecule has 1 aromatic carbocycles. The van der Waals surface area contributed by atoms with Crippen LogP contribution < -0.4 is 5.73 Å². The number of piperidine rings is 1. The maximum absolute atomic E-state index is 12.7. The molecular weight excluding hydrogens is 361 g/mol. The number of halogens is 3. The van der Waals surface area contributed by atoms with Crippen molar-refractivity contribution in [3.63, 3.8) is 0 Å². The van der Waals surface area contributed by atoms with Gasteiger partial charge < -0.3 is 15.2 Å². The summed E-state index contributed by atoms with van der Waals surface area (Å²) in [6, 6.07) is 4.22. The summed E-state index contributed by atoms with van der Waals surface area (Å²) in [5.41, 5.74) is 4.67. The van der Waals surface area contributed by atoms with E-state index in [1.807, 2.05) is 0 Å². The van der Waals surface area contributed by atoms with Crippen molar-refractivity contribution in [1.82, 2.24) is 14.5 Å². The lowest BCUT2D eigenvalue weighted by molar-refractivity contribution is -0.137. The summed E-state index contributed by atoms with van der Waals surface area (Å²) in [6.45, 7) is 0.918. The summed E-state index contributed by atoms with van der Waals surface area (Å²) in [6.07, 6.45) is 0.341. The van der Waals surface area contributed by atoms with Gasteiger partial charge in [0.05, 0.1) is 5.56 Å². The first kappa shape index (κ1) is 18.9. The average molecular weight is 380 g/mol. The third-order valence-corrected chi connectivity index (χ3v) is 4.61. The predicted octanol–water partition coefficient (Wildman–Crippen LogP) is 2.41. The van der Waals surface area contributed by atoms with Gasteiger partial charge in [0.15, 0.2) is 0 Å². The van der Waals surface area contributed by atoms with E-state index in [0.717, 1.165) is 25.0 Å². The first-order chi connectivity index (χ1) is 12.8. The predicted molar refractivity (Wildman–Crippen MR) is 90.7 cm³/mol. The molecule has 1 aromatic heterocycles. The number of hydrogen-bond donors (Lipinski definition) is 1. The molecule has 2 amide bonds. The SMILES string of the molecule is NC(=O)Cn1ccnc1C1CCCN(C(=O)c2ccc(C(F)(F)F)cc2)C1. The Morgan fingerprint density at radius 3 is 2.56 bits per heavy atom. The molecule has 1 aliphatic rings. The third-order valence-electron chi connectivity index (χ3n) is 4.61. The van der Waals surface area contributed by atoms with Crippen molar-refractivity contribution < 1.29 is 22.8 Å². The molecule has 3 rings (SSSR count). The van der Waals surface area contributed by atoms with Crippen molar-refractivity contribution in [2.75, 3.05) is 13.1 Å². The number of alkyl halides is 3.